The predicted molar refractivity (Wildman–Crippen MR) is 87.0 cm³/mol. The molecule has 106 valence electrons. The lowest BCUT2D eigenvalue weighted by atomic mass is 10.1. The van der Waals surface area contributed by atoms with Gasteiger partial charge in [0.2, 0.25) is 0 Å². The lowest BCUT2D eigenvalue weighted by Crippen LogP contribution is -2.11. The molecule has 20 heavy (non-hydrogen) atoms. The van der Waals surface area contributed by atoms with E-state index in [4.69, 9.17) is 4.74 Å². The van der Waals surface area contributed by atoms with Gasteiger partial charge >= 0.3 is 0 Å². The van der Waals surface area contributed by atoms with Crippen molar-refractivity contribution in [3.63, 3.8) is 0 Å². The first-order chi connectivity index (χ1) is 9.70. The number of halogens is 1. The van der Waals surface area contributed by atoms with Crippen molar-refractivity contribution in [2.45, 2.75) is 27.0 Å². The van der Waals surface area contributed by atoms with Gasteiger partial charge in [-0.15, -0.1) is 0 Å². The second-order valence-electron chi connectivity index (χ2n) is 4.76. The van der Waals surface area contributed by atoms with Crippen LogP contribution >= 0.6 is 15.9 Å². The molecule has 0 atom stereocenters. The van der Waals surface area contributed by atoms with E-state index in [1.54, 1.807) is 0 Å². The molecule has 2 aromatic carbocycles. The lowest BCUT2D eigenvalue weighted by Gasteiger charge is -2.11. The van der Waals surface area contributed by atoms with Crippen molar-refractivity contribution in [2.24, 2.45) is 0 Å². The summed E-state index contributed by atoms with van der Waals surface area (Å²) in [5.74, 6) is 0.883. The van der Waals surface area contributed by atoms with Crippen molar-refractivity contribution in [3.05, 3.63) is 63.6 Å². The number of nitrogens with one attached hydrogen (secondary N) is 1. The molecule has 0 aliphatic rings. The summed E-state index contributed by atoms with van der Waals surface area (Å²) in [7, 11) is 0. The van der Waals surface area contributed by atoms with Crippen LogP contribution in [0.4, 0.5) is 0 Å². The van der Waals surface area contributed by atoms with Crippen LogP contribution in [0.15, 0.2) is 46.9 Å². The third-order valence-electron chi connectivity index (χ3n) is 3.22. The maximum atomic E-state index is 5.90. The fourth-order valence-electron chi connectivity index (χ4n) is 1.97. The van der Waals surface area contributed by atoms with E-state index >= 15 is 0 Å². The Morgan fingerprint density at radius 1 is 1.15 bits per heavy atom. The van der Waals surface area contributed by atoms with E-state index < -0.39 is 0 Å². The molecule has 0 unspecified atom stereocenters. The number of aryl methyl sites for hydroxylation is 1. The van der Waals surface area contributed by atoms with Crippen LogP contribution in [0.1, 0.15) is 23.6 Å². The number of ether oxygens (including phenoxy) is 1. The van der Waals surface area contributed by atoms with Crippen molar-refractivity contribution in [3.8, 4) is 5.75 Å². The Hall–Kier alpha value is -1.32. The summed E-state index contributed by atoms with van der Waals surface area (Å²) in [4.78, 5) is 0. The molecule has 2 nitrogen and oxygen atoms in total. The van der Waals surface area contributed by atoms with Crippen molar-refractivity contribution >= 4 is 15.9 Å². The molecule has 0 aliphatic heterocycles. The normalized spacial score (nSPS) is 10.6. The topological polar surface area (TPSA) is 21.3 Å². The van der Waals surface area contributed by atoms with Gasteiger partial charge in [0.25, 0.3) is 0 Å². The predicted octanol–water partition coefficient (Wildman–Crippen LogP) is 4.45. The zero-order valence-electron chi connectivity index (χ0n) is 11.9. The van der Waals surface area contributed by atoms with Crippen LogP contribution in [0.3, 0.4) is 0 Å². The molecule has 0 fully saturated rings. The average molecular weight is 334 g/mol. The van der Waals surface area contributed by atoms with E-state index in [9.17, 15) is 0 Å². The van der Waals surface area contributed by atoms with Gasteiger partial charge in [-0.3, -0.25) is 0 Å². The van der Waals surface area contributed by atoms with E-state index in [2.05, 4.69) is 59.4 Å². The van der Waals surface area contributed by atoms with E-state index in [0.29, 0.717) is 6.61 Å². The first-order valence-corrected chi connectivity index (χ1v) is 7.66. The summed E-state index contributed by atoms with van der Waals surface area (Å²) in [5.41, 5.74) is 3.73. The van der Waals surface area contributed by atoms with Crippen LogP contribution in [0.25, 0.3) is 0 Å². The molecule has 2 rings (SSSR count). The Balaban J connectivity index is 2.01. The molecule has 1 N–H and O–H groups in total. The molecule has 0 saturated carbocycles. The van der Waals surface area contributed by atoms with Crippen molar-refractivity contribution < 1.29 is 4.74 Å². The zero-order chi connectivity index (χ0) is 14.4. The number of hydrogen-bond acceptors (Lipinski definition) is 2. The zero-order valence-corrected chi connectivity index (χ0v) is 13.5. The Kier molecular flexibility index (Phi) is 5.62. The Labute approximate surface area is 129 Å². The summed E-state index contributed by atoms with van der Waals surface area (Å²) < 4.78 is 6.90. The summed E-state index contributed by atoms with van der Waals surface area (Å²) >= 11 is 3.58. The first kappa shape index (κ1) is 15.1. The van der Waals surface area contributed by atoms with Gasteiger partial charge in [-0.25, -0.2) is 0 Å². The highest BCUT2D eigenvalue weighted by molar-refractivity contribution is 9.10. The van der Waals surface area contributed by atoms with Crippen LogP contribution in [0, 0.1) is 6.92 Å². The van der Waals surface area contributed by atoms with Gasteiger partial charge in [-0.05, 0) is 58.2 Å². The molecule has 0 saturated heterocycles. The minimum absolute atomic E-state index is 0.595. The van der Waals surface area contributed by atoms with Gasteiger partial charge in [0, 0.05) is 6.54 Å². The maximum absolute atomic E-state index is 5.90. The summed E-state index contributed by atoms with van der Waals surface area (Å²) in [6.07, 6.45) is 0. The van der Waals surface area contributed by atoms with Crippen LogP contribution in [-0.4, -0.2) is 6.54 Å². The van der Waals surface area contributed by atoms with Gasteiger partial charge in [-0.2, -0.15) is 0 Å². The second kappa shape index (κ2) is 7.46. The fraction of sp³-hybridized carbons (Fsp3) is 0.294. The quantitative estimate of drug-likeness (QED) is 0.843. The van der Waals surface area contributed by atoms with Crippen LogP contribution in [0.5, 0.6) is 5.75 Å². The lowest BCUT2D eigenvalue weighted by molar-refractivity contribution is 0.303. The van der Waals surface area contributed by atoms with Crippen molar-refractivity contribution in [1.29, 1.82) is 0 Å². The highest BCUT2D eigenvalue weighted by Crippen LogP contribution is 2.27. The maximum Gasteiger partial charge on any atom is 0.134 e. The SMILES string of the molecule is CCNCc1ccc(OCc2ccccc2C)c(Br)c1. The van der Waals surface area contributed by atoms with E-state index in [1.165, 1.54) is 16.7 Å². The average Bonchev–Trinajstić information content (AvgIpc) is 2.45. The third-order valence-corrected chi connectivity index (χ3v) is 3.84. The molecule has 0 bridgehead atoms. The van der Waals surface area contributed by atoms with Gasteiger partial charge in [0.1, 0.15) is 12.4 Å². The molecule has 0 spiro atoms. The van der Waals surface area contributed by atoms with E-state index in [0.717, 1.165) is 23.3 Å². The molecular weight excluding hydrogens is 314 g/mol. The molecule has 0 heterocycles. The molecule has 0 radical (unpaired) electrons. The first-order valence-electron chi connectivity index (χ1n) is 6.87. The number of benzene rings is 2. The molecule has 0 aromatic heterocycles. The molecule has 0 aliphatic carbocycles. The fourth-order valence-corrected chi connectivity index (χ4v) is 2.51. The van der Waals surface area contributed by atoms with Gasteiger partial charge in [0.15, 0.2) is 0 Å². The molecule has 2 aromatic rings. The smallest absolute Gasteiger partial charge is 0.134 e. The largest absolute Gasteiger partial charge is 0.488 e. The Bertz CT molecular complexity index is 569. The standard InChI is InChI=1S/C17H20BrNO/c1-3-19-11-14-8-9-17(16(18)10-14)20-12-15-7-5-4-6-13(15)2/h4-10,19H,3,11-12H2,1-2H3. The van der Waals surface area contributed by atoms with Gasteiger partial charge in [0.05, 0.1) is 4.47 Å². The van der Waals surface area contributed by atoms with Crippen LogP contribution in [0.2, 0.25) is 0 Å². The minimum atomic E-state index is 0.595. The minimum Gasteiger partial charge on any atom is -0.488 e. The van der Waals surface area contributed by atoms with Gasteiger partial charge < -0.3 is 10.1 Å². The molecular formula is C17H20BrNO. The van der Waals surface area contributed by atoms with Crippen LogP contribution < -0.4 is 10.1 Å². The van der Waals surface area contributed by atoms with Gasteiger partial charge in [-0.1, -0.05) is 37.3 Å². The Morgan fingerprint density at radius 3 is 2.65 bits per heavy atom. The summed E-state index contributed by atoms with van der Waals surface area (Å²) in [6.45, 7) is 6.66. The van der Waals surface area contributed by atoms with Crippen molar-refractivity contribution in [1.82, 2.24) is 5.32 Å². The van der Waals surface area contributed by atoms with E-state index in [-0.39, 0.29) is 0 Å². The Morgan fingerprint density at radius 2 is 1.95 bits per heavy atom. The summed E-state index contributed by atoms with van der Waals surface area (Å²) in [6, 6.07) is 14.5. The van der Waals surface area contributed by atoms with Crippen molar-refractivity contribution in [2.75, 3.05) is 6.54 Å². The summed E-state index contributed by atoms with van der Waals surface area (Å²) in [5, 5.41) is 3.31. The highest BCUT2D eigenvalue weighted by atomic mass is 79.9. The van der Waals surface area contributed by atoms with E-state index in [1.807, 2.05) is 18.2 Å². The number of hydrogen-bond donors (Lipinski definition) is 1. The highest BCUT2D eigenvalue weighted by Gasteiger charge is 2.04. The second-order valence-corrected chi connectivity index (χ2v) is 5.61. The molecule has 3 heteroatoms. The van der Waals surface area contributed by atoms with Crippen LogP contribution in [-0.2, 0) is 13.2 Å². The number of rotatable bonds is 6. The third kappa shape index (κ3) is 4.09. The molecule has 0 amide bonds. The monoisotopic (exact) mass is 333 g/mol.